The van der Waals surface area contributed by atoms with Crippen molar-refractivity contribution in [1.82, 2.24) is 29.8 Å². The number of likely N-dealkylation sites (tertiary alicyclic amines) is 1. The Kier molecular flexibility index (Phi) is 5.01. The Balaban J connectivity index is 1.48. The molecule has 1 aliphatic heterocycles. The summed E-state index contributed by atoms with van der Waals surface area (Å²) >= 11 is 0. The van der Waals surface area contributed by atoms with Crippen LogP contribution in [-0.4, -0.2) is 54.5 Å². The molecule has 3 aromatic rings. The second kappa shape index (κ2) is 7.75. The zero-order valence-electron chi connectivity index (χ0n) is 15.2. The molecule has 8 heteroatoms. The van der Waals surface area contributed by atoms with E-state index in [1.54, 1.807) is 54.1 Å². The minimum atomic E-state index is -1.38. The Morgan fingerprint density at radius 2 is 1.89 bits per heavy atom. The molecule has 0 bridgehead atoms. The Hall–Kier alpha value is -3.29. The van der Waals surface area contributed by atoms with Crippen LogP contribution in [0.2, 0.25) is 0 Å². The molecule has 0 aromatic carbocycles. The molecule has 0 aliphatic carbocycles. The SMILES string of the molecule is O=C(c1cccnc1-c1ccncn1)N1CCC(F)(Cc2cnccn2)CC1. The molecule has 142 valence electrons. The number of carbonyl (C=O) groups excluding carboxylic acids is 1. The summed E-state index contributed by atoms with van der Waals surface area (Å²) in [6.45, 7) is 0.682. The average Bonchev–Trinajstić information content (AvgIpc) is 2.75. The fourth-order valence-electron chi connectivity index (χ4n) is 3.42. The summed E-state index contributed by atoms with van der Waals surface area (Å²) < 4.78 is 15.2. The lowest BCUT2D eigenvalue weighted by molar-refractivity contribution is 0.0433. The zero-order chi connectivity index (χ0) is 19.4. The largest absolute Gasteiger partial charge is 0.338 e. The van der Waals surface area contributed by atoms with Gasteiger partial charge in [0.25, 0.3) is 5.91 Å². The van der Waals surface area contributed by atoms with Crippen LogP contribution in [0.15, 0.2) is 55.5 Å². The topological polar surface area (TPSA) is 84.8 Å². The minimum absolute atomic E-state index is 0.164. The first-order valence-electron chi connectivity index (χ1n) is 9.09. The third kappa shape index (κ3) is 3.85. The quantitative estimate of drug-likeness (QED) is 0.694. The Labute approximate surface area is 161 Å². The summed E-state index contributed by atoms with van der Waals surface area (Å²) in [5.41, 5.74) is 0.798. The smallest absolute Gasteiger partial charge is 0.256 e. The van der Waals surface area contributed by atoms with E-state index < -0.39 is 5.67 Å². The van der Waals surface area contributed by atoms with Crippen LogP contribution >= 0.6 is 0 Å². The van der Waals surface area contributed by atoms with Gasteiger partial charge in [0.15, 0.2) is 0 Å². The van der Waals surface area contributed by atoms with E-state index in [1.165, 1.54) is 6.33 Å². The van der Waals surface area contributed by atoms with Gasteiger partial charge in [-0.05, 0) is 31.0 Å². The average molecular weight is 378 g/mol. The number of rotatable bonds is 4. The van der Waals surface area contributed by atoms with Crippen molar-refractivity contribution in [3.63, 3.8) is 0 Å². The minimum Gasteiger partial charge on any atom is -0.338 e. The molecule has 0 spiro atoms. The lowest BCUT2D eigenvalue weighted by Crippen LogP contribution is -2.45. The van der Waals surface area contributed by atoms with Crippen molar-refractivity contribution in [3.8, 4) is 11.4 Å². The molecular weight excluding hydrogens is 359 g/mol. The van der Waals surface area contributed by atoms with E-state index >= 15 is 4.39 Å². The third-order valence-corrected chi connectivity index (χ3v) is 4.92. The first kappa shape index (κ1) is 18.1. The lowest BCUT2D eigenvalue weighted by Gasteiger charge is -2.36. The van der Waals surface area contributed by atoms with Gasteiger partial charge < -0.3 is 4.90 Å². The number of halogens is 1. The van der Waals surface area contributed by atoms with Crippen LogP contribution in [0.1, 0.15) is 28.9 Å². The molecule has 1 amide bonds. The van der Waals surface area contributed by atoms with Crippen molar-refractivity contribution in [3.05, 3.63) is 66.8 Å². The standard InChI is InChI=1S/C20H19FN6O/c21-20(12-15-13-22-8-9-24-15)4-10-27(11-5-20)19(28)16-2-1-6-25-18(16)17-3-7-23-14-26-17/h1-3,6-9,13-14H,4-5,10-12H2. The van der Waals surface area contributed by atoms with Gasteiger partial charge in [-0.15, -0.1) is 0 Å². The monoisotopic (exact) mass is 378 g/mol. The van der Waals surface area contributed by atoms with Crippen LogP contribution in [0.5, 0.6) is 0 Å². The van der Waals surface area contributed by atoms with Crippen LogP contribution in [0.25, 0.3) is 11.4 Å². The number of hydrogen-bond donors (Lipinski definition) is 0. The molecule has 4 heterocycles. The van der Waals surface area contributed by atoms with Gasteiger partial charge in [-0.3, -0.25) is 19.7 Å². The molecule has 0 atom stereocenters. The fraction of sp³-hybridized carbons (Fsp3) is 0.300. The van der Waals surface area contributed by atoms with Crippen LogP contribution in [0.4, 0.5) is 4.39 Å². The molecule has 3 aromatic heterocycles. The van der Waals surface area contributed by atoms with Crippen LogP contribution in [0.3, 0.4) is 0 Å². The maximum atomic E-state index is 15.2. The molecule has 4 rings (SSSR count). The number of nitrogens with zero attached hydrogens (tertiary/aromatic N) is 6. The molecule has 0 N–H and O–H groups in total. The van der Waals surface area contributed by atoms with Gasteiger partial charge in [0.2, 0.25) is 0 Å². The number of alkyl halides is 1. The molecule has 7 nitrogen and oxygen atoms in total. The third-order valence-electron chi connectivity index (χ3n) is 4.92. The lowest BCUT2D eigenvalue weighted by atomic mass is 9.88. The second-order valence-corrected chi connectivity index (χ2v) is 6.81. The number of amides is 1. The maximum Gasteiger partial charge on any atom is 0.256 e. The molecular formula is C20H19FN6O. The molecule has 1 aliphatic rings. The molecule has 1 saturated heterocycles. The normalized spacial score (nSPS) is 16.0. The van der Waals surface area contributed by atoms with Crippen molar-refractivity contribution in [1.29, 1.82) is 0 Å². The van der Waals surface area contributed by atoms with E-state index in [4.69, 9.17) is 0 Å². The molecule has 1 fully saturated rings. The van der Waals surface area contributed by atoms with Gasteiger partial charge in [-0.1, -0.05) is 0 Å². The predicted molar refractivity (Wildman–Crippen MR) is 100.0 cm³/mol. The summed E-state index contributed by atoms with van der Waals surface area (Å²) in [4.78, 5) is 35.3. The van der Waals surface area contributed by atoms with Crippen LogP contribution in [0, 0.1) is 0 Å². The van der Waals surface area contributed by atoms with E-state index in [9.17, 15) is 4.79 Å². The van der Waals surface area contributed by atoms with E-state index in [0.717, 1.165) is 0 Å². The van der Waals surface area contributed by atoms with Crippen LogP contribution in [-0.2, 0) is 6.42 Å². The highest BCUT2D eigenvalue weighted by Gasteiger charge is 2.37. The summed E-state index contributed by atoms with van der Waals surface area (Å²) in [6.07, 6.45) is 10.1. The molecule has 0 saturated carbocycles. The highest BCUT2D eigenvalue weighted by atomic mass is 19.1. The van der Waals surface area contributed by atoms with Gasteiger partial charge in [0, 0.05) is 50.5 Å². The van der Waals surface area contributed by atoms with Crippen molar-refractivity contribution < 1.29 is 9.18 Å². The van der Waals surface area contributed by atoms with Gasteiger partial charge in [0.05, 0.1) is 17.0 Å². The number of pyridine rings is 1. The number of carbonyl (C=O) groups is 1. The van der Waals surface area contributed by atoms with Crippen LogP contribution < -0.4 is 0 Å². The van der Waals surface area contributed by atoms with Gasteiger partial charge >= 0.3 is 0 Å². The highest BCUT2D eigenvalue weighted by molar-refractivity contribution is 5.99. The first-order valence-corrected chi connectivity index (χ1v) is 9.09. The summed E-state index contributed by atoms with van der Waals surface area (Å²) in [5, 5.41) is 0. The summed E-state index contributed by atoms with van der Waals surface area (Å²) in [6, 6.07) is 5.15. The van der Waals surface area contributed by atoms with Crippen molar-refractivity contribution >= 4 is 5.91 Å². The number of aromatic nitrogens is 5. The van der Waals surface area contributed by atoms with Crippen molar-refractivity contribution in [2.75, 3.05) is 13.1 Å². The van der Waals surface area contributed by atoms with Crippen molar-refractivity contribution in [2.45, 2.75) is 24.9 Å². The van der Waals surface area contributed by atoms with Crippen molar-refractivity contribution in [2.24, 2.45) is 0 Å². The predicted octanol–water partition coefficient (Wildman–Crippen LogP) is 2.52. The number of hydrogen-bond acceptors (Lipinski definition) is 6. The fourth-order valence-corrected chi connectivity index (χ4v) is 3.42. The Morgan fingerprint density at radius 3 is 2.61 bits per heavy atom. The van der Waals surface area contributed by atoms with E-state index in [2.05, 4.69) is 24.9 Å². The van der Waals surface area contributed by atoms with Gasteiger partial charge in [-0.2, -0.15) is 0 Å². The van der Waals surface area contributed by atoms with E-state index in [1.807, 2.05) is 0 Å². The highest BCUT2D eigenvalue weighted by Crippen LogP contribution is 2.31. The maximum absolute atomic E-state index is 15.2. The summed E-state index contributed by atoms with van der Waals surface area (Å²) in [5.74, 6) is -0.164. The zero-order valence-corrected chi connectivity index (χ0v) is 15.2. The Bertz CT molecular complexity index is 945. The molecule has 0 radical (unpaired) electrons. The first-order chi connectivity index (χ1) is 13.6. The second-order valence-electron chi connectivity index (χ2n) is 6.81. The molecule has 0 unspecified atom stereocenters. The number of piperidine rings is 1. The summed E-state index contributed by atoms with van der Waals surface area (Å²) in [7, 11) is 0. The Morgan fingerprint density at radius 1 is 1.04 bits per heavy atom. The molecule has 28 heavy (non-hydrogen) atoms. The van der Waals surface area contributed by atoms with E-state index in [0.29, 0.717) is 35.7 Å². The van der Waals surface area contributed by atoms with Gasteiger partial charge in [-0.25, -0.2) is 14.4 Å². The van der Waals surface area contributed by atoms with E-state index in [-0.39, 0.29) is 25.2 Å². The van der Waals surface area contributed by atoms with Gasteiger partial charge in [0.1, 0.15) is 17.7 Å².